The molecule has 0 saturated carbocycles. The number of guanidine groups is 1. The molecule has 0 amide bonds. The molecule has 0 bridgehead atoms. The van der Waals surface area contributed by atoms with Crippen LogP contribution in [0.2, 0.25) is 10.0 Å². The number of carboxylic acids is 1. The van der Waals surface area contributed by atoms with Gasteiger partial charge in [-0.15, -0.1) is 0 Å². The number of nitrogens with one attached hydrogen (secondary N) is 1. The maximum atomic E-state index is 9.00. The maximum absolute atomic E-state index is 9.00. The number of hydrogen-bond donors (Lipinski definition) is 4. The van der Waals surface area contributed by atoms with Crippen molar-refractivity contribution >= 4 is 48.6 Å². The van der Waals surface area contributed by atoms with Gasteiger partial charge in [0.05, 0.1) is 10.0 Å². The Morgan fingerprint density at radius 2 is 1.41 bits per heavy atom. The van der Waals surface area contributed by atoms with Crippen LogP contribution in [0.4, 0.5) is 0 Å². The highest BCUT2D eigenvalue weighted by Gasteiger charge is 1.89. The molecule has 0 fully saturated rings. The van der Waals surface area contributed by atoms with Crippen molar-refractivity contribution in [3.05, 3.63) is 34.3 Å². The number of carbonyl (C=O) groups is 1. The Morgan fingerprint density at radius 1 is 1.24 bits per heavy atom. The minimum Gasteiger partial charge on any atom is -0.481 e. The van der Waals surface area contributed by atoms with Crippen LogP contribution in [0.15, 0.2) is 24.3 Å². The highest BCUT2D eigenvalue weighted by atomic mass is 35.5. The molecule has 0 radical (unpaired) electrons. The molecule has 98 valence electrons. The second kappa shape index (κ2) is 13.0. The molecule has 0 atom stereocenters. The zero-order valence-corrected chi connectivity index (χ0v) is 11.6. The van der Waals surface area contributed by atoms with Crippen LogP contribution in [-0.2, 0) is 4.79 Å². The van der Waals surface area contributed by atoms with Gasteiger partial charge in [-0.25, -0.2) is 0 Å². The summed E-state index contributed by atoms with van der Waals surface area (Å²) in [6, 6.07) is 7.19. The number of halogens is 2. The summed E-state index contributed by atoms with van der Waals surface area (Å²) in [6.45, 7) is 1.08. The van der Waals surface area contributed by atoms with Crippen molar-refractivity contribution in [2.24, 2.45) is 11.5 Å². The molecule has 8 heteroatoms. The SMILES string of the molecule is CC(=O)O.Clc1ccccc1Cl.N=C(N)N.S. The van der Waals surface area contributed by atoms with Crippen molar-refractivity contribution in [3.8, 4) is 0 Å². The van der Waals surface area contributed by atoms with E-state index in [1.165, 1.54) is 0 Å². The number of nitrogens with two attached hydrogens (primary N) is 2. The van der Waals surface area contributed by atoms with Crippen molar-refractivity contribution in [2.45, 2.75) is 6.92 Å². The van der Waals surface area contributed by atoms with E-state index < -0.39 is 5.97 Å². The van der Waals surface area contributed by atoms with E-state index in [0.717, 1.165) is 6.92 Å². The number of rotatable bonds is 0. The molecule has 0 unspecified atom stereocenters. The quantitative estimate of drug-likeness (QED) is 0.433. The zero-order chi connectivity index (χ0) is 13.1. The third-order valence-corrected chi connectivity index (χ3v) is 1.58. The number of benzene rings is 1. The van der Waals surface area contributed by atoms with E-state index in [4.69, 9.17) is 38.5 Å². The Balaban J connectivity index is -0.000000189. The fraction of sp³-hybridized carbons (Fsp3) is 0.111. The second-order valence-electron chi connectivity index (χ2n) is 2.39. The summed E-state index contributed by atoms with van der Waals surface area (Å²) in [5, 5.41) is 14.7. The first-order valence-electron chi connectivity index (χ1n) is 3.96. The monoisotopic (exact) mass is 299 g/mol. The lowest BCUT2D eigenvalue weighted by Crippen LogP contribution is -2.20. The summed E-state index contributed by atoms with van der Waals surface area (Å²) in [6.07, 6.45) is 0. The van der Waals surface area contributed by atoms with Crippen LogP contribution in [0.1, 0.15) is 6.92 Å². The fourth-order valence-corrected chi connectivity index (χ4v) is 0.711. The molecule has 0 aliphatic rings. The normalized spacial score (nSPS) is 7.24. The van der Waals surface area contributed by atoms with E-state index in [2.05, 4.69) is 11.5 Å². The molecule has 6 N–H and O–H groups in total. The third-order valence-electron chi connectivity index (χ3n) is 0.824. The number of carboxylic acid groups (broad SMARTS) is 1. The molecule has 17 heavy (non-hydrogen) atoms. The van der Waals surface area contributed by atoms with Crippen molar-refractivity contribution in [3.63, 3.8) is 0 Å². The topological polar surface area (TPSA) is 113 Å². The smallest absolute Gasteiger partial charge is 0.300 e. The van der Waals surface area contributed by atoms with Crippen LogP contribution in [0.5, 0.6) is 0 Å². The van der Waals surface area contributed by atoms with Gasteiger partial charge in [-0.3, -0.25) is 10.2 Å². The summed E-state index contributed by atoms with van der Waals surface area (Å²) in [4.78, 5) is 9.00. The van der Waals surface area contributed by atoms with E-state index >= 15 is 0 Å². The highest BCUT2D eigenvalue weighted by Crippen LogP contribution is 2.19. The second-order valence-corrected chi connectivity index (χ2v) is 3.20. The van der Waals surface area contributed by atoms with Gasteiger partial charge < -0.3 is 16.6 Å². The first-order valence-corrected chi connectivity index (χ1v) is 4.72. The Labute approximate surface area is 117 Å². The van der Waals surface area contributed by atoms with E-state index in [0.29, 0.717) is 10.0 Å². The molecule has 0 heterocycles. The van der Waals surface area contributed by atoms with E-state index in [1.54, 1.807) is 12.1 Å². The van der Waals surface area contributed by atoms with Gasteiger partial charge in [-0.1, -0.05) is 35.3 Å². The molecule has 1 aromatic carbocycles. The van der Waals surface area contributed by atoms with Crippen LogP contribution in [0, 0.1) is 5.41 Å². The average Bonchev–Trinajstić information content (AvgIpc) is 2.08. The summed E-state index contributed by atoms with van der Waals surface area (Å²) in [7, 11) is 0. The van der Waals surface area contributed by atoms with Crippen molar-refractivity contribution in [1.29, 1.82) is 5.41 Å². The molecule has 0 aliphatic carbocycles. The fourth-order valence-electron chi connectivity index (χ4n) is 0.439. The molecule has 1 aromatic rings. The third kappa shape index (κ3) is 25.3. The molecule has 5 nitrogen and oxygen atoms in total. The molecule has 0 aliphatic heterocycles. The summed E-state index contributed by atoms with van der Waals surface area (Å²) in [5.41, 5.74) is 8.94. The summed E-state index contributed by atoms with van der Waals surface area (Å²) in [5.74, 6) is -1.17. The predicted molar refractivity (Wildman–Crippen MR) is 76.3 cm³/mol. The van der Waals surface area contributed by atoms with E-state index in [9.17, 15) is 0 Å². The minimum absolute atomic E-state index is 0. The van der Waals surface area contributed by atoms with Crippen LogP contribution in [0.25, 0.3) is 0 Å². The van der Waals surface area contributed by atoms with Crippen molar-refractivity contribution in [2.75, 3.05) is 0 Å². The largest absolute Gasteiger partial charge is 0.481 e. The van der Waals surface area contributed by atoms with Gasteiger partial charge >= 0.3 is 0 Å². The van der Waals surface area contributed by atoms with E-state index in [-0.39, 0.29) is 19.5 Å². The molecule has 0 spiro atoms. The first-order chi connectivity index (χ1) is 7.27. The van der Waals surface area contributed by atoms with Crippen LogP contribution >= 0.6 is 36.7 Å². The van der Waals surface area contributed by atoms with Crippen molar-refractivity contribution in [1.82, 2.24) is 0 Å². The van der Waals surface area contributed by atoms with Gasteiger partial charge in [0.2, 0.25) is 0 Å². The van der Waals surface area contributed by atoms with Crippen LogP contribution in [0.3, 0.4) is 0 Å². The Kier molecular flexibility index (Phi) is 16.2. The molecule has 1 rings (SSSR count). The molecular weight excluding hydrogens is 285 g/mol. The Bertz CT molecular complexity index is 310. The Morgan fingerprint density at radius 3 is 1.53 bits per heavy atom. The minimum atomic E-state index is -0.833. The van der Waals surface area contributed by atoms with Gasteiger partial charge in [0.15, 0.2) is 5.96 Å². The zero-order valence-electron chi connectivity index (χ0n) is 9.08. The highest BCUT2D eigenvalue weighted by molar-refractivity contribution is 7.59. The van der Waals surface area contributed by atoms with Crippen molar-refractivity contribution < 1.29 is 9.90 Å². The summed E-state index contributed by atoms with van der Waals surface area (Å²) < 4.78 is 0. The molecule has 0 saturated heterocycles. The van der Waals surface area contributed by atoms with Gasteiger partial charge in [-0.05, 0) is 12.1 Å². The van der Waals surface area contributed by atoms with Gasteiger partial charge in [0.25, 0.3) is 5.97 Å². The average molecular weight is 300 g/mol. The lowest BCUT2D eigenvalue weighted by atomic mass is 10.4. The lowest BCUT2D eigenvalue weighted by Gasteiger charge is -1.88. The summed E-state index contributed by atoms with van der Waals surface area (Å²) >= 11 is 11.2. The van der Waals surface area contributed by atoms with Crippen LogP contribution < -0.4 is 11.5 Å². The number of aliphatic carboxylic acids is 1. The molecule has 0 aromatic heterocycles. The molecular formula is C9H15Cl2N3O2S. The van der Waals surface area contributed by atoms with Gasteiger partial charge in [-0.2, -0.15) is 13.5 Å². The lowest BCUT2D eigenvalue weighted by molar-refractivity contribution is -0.134. The predicted octanol–water partition coefficient (Wildman–Crippen LogP) is 2.04. The van der Waals surface area contributed by atoms with E-state index in [1.807, 2.05) is 12.1 Å². The Hall–Kier alpha value is -1.11. The maximum Gasteiger partial charge on any atom is 0.300 e. The van der Waals surface area contributed by atoms with Gasteiger partial charge in [0, 0.05) is 6.92 Å². The van der Waals surface area contributed by atoms with Crippen LogP contribution in [-0.4, -0.2) is 17.0 Å². The first kappa shape index (κ1) is 21.2. The van der Waals surface area contributed by atoms with Gasteiger partial charge in [0.1, 0.15) is 0 Å². The standard InChI is InChI=1S/C6H4Cl2.C2H4O2.CH5N3.H2S/c7-5-3-1-2-4-6(5)8;1-2(3)4;2-1(3)4;/h1-4H;1H3,(H,3,4);(H5,2,3,4);1H2. The number of hydrogen-bond acceptors (Lipinski definition) is 2.